The van der Waals surface area contributed by atoms with Gasteiger partial charge in [0.1, 0.15) is 0 Å². The van der Waals surface area contributed by atoms with Crippen molar-refractivity contribution in [3.63, 3.8) is 0 Å². The van der Waals surface area contributed by atoms with Crippen molar-refractivity contribution < 1.29 is 9.47 Å². The Morgan fingerprint density at radius 3 is 2.00 bits per heavy atom. The molecule has 0 bridgehead atoms. The van der Waals surface area contributed by atoms with E-state index in [1.165, 1.54) is 51.4 Å². The first-order valence-corrected chi connectivity index (χ1v) is 8.37. The van der Waals surface area contributed by atoms with Crippen molar-refractivity contribution in [2.45, 2.75) is 90.8 Å². The number of rotatable bonds is 6. The van der Waals surface area contributed by atoms with Crippen LogP contribution in [0.4, 0.5) is 0 Å². The van der Waals surface area contributed by atoms with Crippen LogP contribution in [0.25, 0.3) is 0 Å². The summed E-state index contributed by atoms with van der Waals surface area (Å²) < 4.78 is 11.3. The van der Waals surface area contributed by atoms with E-state index >= 15 is 0 Å². The van der Waals surface area contributed by atoms with E-state index in [1.54, 1.807) is 0 Å². The van der Waals surface area contributed by atoms with Gasteiger partial charge >= 0.3 is 0 Å². The van der Waals surface area contributed by atoms with Gasteiger partial charge in [-0.15, -0.1) is 0 Å². The minimum atomic E-state index is 0.314. The maximum absolute atomic E-state index is 5.66. The third-order valence-electron chi connectivity index (χ3n) is 4.33. The van der Waals surface area contributed by atoms with Crippen molar-refractivity contribution in [2.75, 3.05) is 13.2 Å². The van der Waals surface area contributed by atoms with Crippen molar-refractivity contribution in [1.29, 1.82) is 0 Å². The van der Waals surface area contributed by atoms with Crippen LogP contribution in [0.2, 0.25) is 0 Å². The van der Waals surface area contributed by atoms with Gasteiger partial charge < -0.3 is 9.47 Å². The van der Waals surface area contributed by atoms with Gasteiger partial charge in [-0.05, 0) is 51.4 Å². The van der Waals surface area contributed by atoms with Crippen LogP contribution in [0.15, 0.2) is 0 Å². The molecule has 2 heteroatoms. The minimum Gasteiger partial charge on any atom is -0.378 e. The summed E-state index contributed by atoms with van der Waals surface area (Å²) in [6.45, 7) is 10.5. The zero-order chi connectivity index (χ0) is 14.1. The highest BCUT2D eigenvalue weighted by molar-refractivity contribution is 4.87. The van der Waals surface area contributed by atoms with Gasteiger partial charge in [0.15, 0.2) is 0 Å². The van der Waals surface area contributed by atoms with Crippen LogP contribution in [0.5, 0.6) is 0 Å². The summed E-state index contributed by atoms with van der Waals surface area (Å²) in [5, 5.41) is 0. The molecule has 0 atom stereocenters. The van der Waals surface area contributed by atoms with Gasteiger partial charge in [0.25, 0.3) is 0 Å². The van der Waals surface area contributed by atoms with E-state index in [9.17, 15) is 0 Å². The molecule has 2 nitrogen and oxygen atoms in total. The van der Waals surface area contributed by atoms with Crippen LogP contribution < -0.4 is 0 Å². The molecule has 0 aromatic carbocycles. The van der Waals surface area contributed by atoms with Gasteiger partial charge in [-0.25, -0.2) is 0 Å². The van der Waals surface area contributed by atoms with Gasteiger partial charge in [0.2, 0.25) is 0 Å². The molecule has 0 aromatic heterocycles. The highest BCUT2D eigenvalue weighted by atomic mass is 16.5. The predicted octanol–water partition coefficient (Wildman–Crippen LogP) is 4.96. The molecule has 2 aliphatic carbocycles. The summed E-state index contributed by atoms with van der Waals surface area (Å²) in [6, 6.07) is 0. The molecule has 0 spiro atoms. The predicted molar refractivity (Wildman–Crippen MR) is 81.5 cm³/mol. The quantitative estimate of drug-likeness (QED) is 0.679. The fourth-order valence-electron chi connectivity index (χ4n) is 2.86. The molecule has 0 unspecified atom stereocenters. The fraction of sp³-hybridized carbons (Fsp3) is 1.00. The molecule has 2 fully saturated rings. The lowest BCUT2D eigenvalue weighted by atomic mass is 9.78. The second-order valence-electron chi connectivity index (χ2n) is 6.46. The van der Waals surface area contributed by atoms with Gasteiger partial charge in [0, 0.05) is 13.2 Å². The molecule has 0 radical (unpaired) electrons. The average Bonchev–Trinajstić information content (AvgIpc) is 2.85. The van der Waals surface area contributed by atoms with Gasteiger partial charge in [0.05, 0.1) is 11.7 Å². The largest absolute Gasteiger partial charge is 0.378 e. The molecule has 0 aliphatic heterocycles. The Hall–Kier alpha value is -0.0800. The summed E-state index contributed by atoms with van der Waals surface area (Å²) in [5.74, 6) is 0.695. The molecule has 2 aliphatic rings. The zero-order valence-corrected chi connectivity index (χ0v) is 13.5. The summed E-state index contributed by atoms with van der Waals surface area (Å²) >= 11 is 0. The lowest BCUT2D eigenvalue weighted by Crippen LogP contribution is -2.39. The molecule has 2 saturated carbocycles. The highest BCUT2D eigenvalue weighted by Crippen LogP contribution is 2.37. The summed E-state index contributed by atoms with van der Waals surface area (Å²) in [7, 11) is 0. The molecule has 0 heterocycles. The van der Waals surface area contributed by atoms with E-state index in [2.05, 4.69) is 27.7 Å². The van der Waals surface area contributed by atoms with E-state index in [-0.39, 0.29) is 0 Å². The van der Waals surface area contributed by atoms with Crippen LogP contribution in [-0.2, 0) is 9.47 Å². The fourth-order valence-corrected chi connectivity index (χ4v) is 2.86. The van der Waals surface area contributed by atoms with Crippen LogP contribution in [0, 0.1) is 5.92 Å². The molecule has 0 saturated heterocycles. The van der Waals surface area contributed by atoms with Gasteiger partial charge in [-0.2, -0.15) is 0 Å². The zero-order valence-electron chi connectivity index (χ0n) is 13.5. The average molecular weight is 270 g/mol. The smallest absolute Gasteiger partial charge is 0.0679 e. The Balaban J connectivity index is 0.000000191. The molecule has 114 valence electrons. The van der Waals surface area contributed by atoms with Gasteiger partial charge in [-0.3, -0.25) is 0 Å². The molecular formula is C17H34O2. The van der Waals surface area contributed by atoms with E-state index in [1.807, 2.05) is 0 Å². The minimum absolute atomic E-state index is 0.314. The molecule has 19 heavy (non-hydrogen) atoms. The molecule has 2 rings (SSSR count). The summed E-state index contributed by atoms with van der Waals surface area (Å²) in [6.07, 6.45) is 11.1. The first-order chi connectivity index (χ1) is 9.12. The second-order valence-corrected chi connectivity index (χ2v) is 6.46. The maximum atomic E-state index is 5.66. The molecular weight excluding hydrogens is 236 g/mol. The number of hydrogen-bond donors (Lipinski definition) is 0. The monoisotopic (exact) mass is 270 g/mol. The Labute approximate surface area is 120 Å². The number of hydrogen-bond acceptors (Lipinski definition) is 2. The van der Waals surface area contributed by atoms with Crippen LogP contribution in [0.3, 0.4) is 0 Å². The lowest BCUT2D eigenvalue weighted by molar-refractivity contribution is -0.0967. The third-order valence-corrected chi connectivity index (χ3v) is 4.33. The van der Waals surface area contributed by atoms with Crippen molar-refractivity contribution >= 4 is 0 Å². The topological polar surface area (TPSA) is 18.5 Å². The van der Waals surface area contributed by atoms with Crippen LogP contribution in [-0.4, -0.2) is 24.9 Å². The Bertz CT molecular complexity index is 210. The van der Waals surface area contributed by atoms with E-state index in [0.29, 0.717) is 17.6 Å². The van der Waals surface area contributed by atoms with Crippen molar-refractivity contribution in [2.24, 2.45) is 5.92 Å². The highest BCUT2D eigenvalue weighted by Gasteiger charge is 2.35. The number of ether oxygens (including phenoxy) is 2. The van der Waals surface area contributed by atoms with E-state index < -0.39 is 0 Å². The Morgan fingerprint density at radius 1 is 1.05 bits per heavy atom. The maximum Gasteiger partial charge on any atom is 0.0679 e. The SMILES string of the molecule is CC(C)COC1CCCC1.CCOC1(CC)CCC1. The van der Waals surface area contributed by atoms with Gasteiger partial charge in [-0.1, -0.05) is 33.6 Å². The van der Waals surface area contributed by atoms with Crippen molar-refractivity contribution in [1.82, 2.24) is 0 Å². The standard InChI is InChI=1S/C9H18O.C8H16O/c1-8(2)7-10-9-5-3-4-6-9;1-3-8(9-4-2)6-5-7-8/h8-9H,3-7H2,1-2H3;3-7H2,1-2H3. The molecule has 0 aromatic rings. The summed E-state index contributed by atoms with van der Waals surface area (Å²) in [4.78, 5) is 0. The van der Waals surface area contributed by atoms with Crippen molar-refractivity contribution in [3.8, 4) is 0 Å². The normalized spacial score (nSPS) is 21.9. The Kier molecular flexibility index (Phi) is 8.01. The van der Waals surface area contributed by atoms with Crippen molar-refractivity contribution in [3.05, 3.63) is 0 Å². The van der Waals surface area contributed by atoms with E-state index in [0.717, 1.165) is 13.2 Å². The lowest BCUT2D eigenvalue weighted by Gasteiger charge is -2.40. The molecule has 0 amide bonds. The first kappa shape index (κ1) is 17.0. The molecule has 0 N–H and O–H groups in total. The van der Waals surface area contributed by atoms with Crippen LogP contribution in [0.1, 0.15) is 79.1 Å². The van der Waals surface area contributed by atoms with Crippen LogP contribution >= 0.6 is 0 Å². The first-order valence-electron chi connectivity index (χ1n) is 8.37. The Morgan fingerprint density at radius 2 is 1.68 bits per heavy atom. The second kappa shape index (κ2) is 8.97. The third kappa shape index (κ3) is 6.27. The summed E-state index contributed by atoms with van der Waals surface area (Å²) in [5.41, 5.74) is 0.314. The van der Waals surface area contributed by atoms with E-state index in [4.69, 9.17) is 9.47 Å².